The molecule has 0 aliphatic carbocycles. The summed E-state index contributed by atoms with van der Waals surface area (Å²) in [4.78, 5) is 4.39. The van der Waals surface area contributed by atoms with Gasteiger partial charge in [0.1, 0.15) is 5.75 Å². The van der Waals surface area contributed by atoms with Crippen molar-refractivity contribution >= 4 is 11.0 Å². The Bertz CT molecular complexity index is 797. The van der Waals surface area contributed by atoms with Crippen molar-refractivity contribution in [1.29, 1.82) is 0 Å². The first-order valence-corrected chi connectivity index (χ1v) is 7.32. The number of fused-ring (bicyclic) bond motifs is 2. The van der Waals surface area contributed by atoms with E-state index >= 15 is 0 Å². The lowest BCUT2D eigenvalue weighted by Gasteiger charge is -2.08. The molecule has 22 heavy (non-hydrogen) atoms. The van der Waals surface area contributed by atoms with Crippen LogP contribution in [0.4, 0.5) is 0 Å². The van der Waals surface area contributed by atoms with Gasteiger partial charge in [-0.2, -0.15) is 0 Å². The van der Waals surface area contributed by atoms with Gasteiger partial charge < -0.3 is 18.8 Å². The molecule has 4 rings (SSSR count). The first-order chi connectivity index (χ1) is 10.9. The van der Waals surface area contributed by atoms with Gasteiger partial charge in [-0.15, -0.1) is 0 Å². The number of hydrogen-bond donors (Lipinski definition) is 0. The van der Waals surface area contributed by atoms with Crippen LogP contribution in [-0.2, 0) is 6.54 Å². The van der Waals surface area contributed by atoms with Gasteiger partial charge in [0.05, 0.1) is 24.0 Å². The van der Waals surface area contributed by atoms with E-state index in [1.54, 1.807) is 0 Å². The van der Waals surface area contributed by atoms with Crippen molar-refractivity contribution in [3.8, 4) is 17.2 Å². The van der Waals surface area contributed by atoms with Crippen molar-refractivity contribution in [2.45, 2.75) is 13.0 Å². The fourth-order valence-electron chi connectivity index (χ4n) is 2.58. The Kier molecular flexibility index (Phi) is 3.31. The standard InChI is InChI=1S/C17H16N2O3/c1-2-5-15-14(4-1)18-11-19(15)8-3-9-20-13-6-7-16-17(10-13)22-12-21-16/h1-2,4-7,10-11H,3,8-9,12H2. The summed E-state index contributed by atoms with van der Waals surface area (Å²) in [6.07, 6.45) is 2.79. The largest absolute Gasteiger partial charge is 0.493 e. The number of hydrogen-bond acceptors (Lipinski definition) is 4. The molecular weight excluding hydrogens is 280 g/mol. The Balaban J connectivity index is 1.34. The fraction of sp³-hybridized carbons (Fsp3) is 0.235. The second-order valence-corrected chi connectivity index (χ2v) is 5.14. The van der Waals surface area contributed by atoms with E-state index in [2.05, 4.69) is 15.6 Å². The van der Waals surface area contributed by atoms with Crippen molar-refractivity contribution < 1.29 is 14.2 Å². The van der Waals surface area contributed by atoms with Crippen molar-refractivity contribution in [3.63, 3.8) is 0 Å². The molecule has 0 N–H and O–H groups in total. The van der Waals surface area contributed by atoms with E-state index in [-0.39, 0.29) is 6.79 Å². The van der Waals surface area contributed by atoms with Gasteiger partial charge in [-0.05, 0) is 30.7 Å². The van der Waals surface area contributed by atoms with E-state index in [1.165, 1.54) is 0 Å². The predicted molar refractivity (Wildman–Crippen MR) is 82.4 cm³/mol. The highest BCUT2D eigenvalue weighted by molar-refractivity contribution is 5.74. The molecule has 5 nitrogen and oxygen atoms in total. The van der Waals surface area contributed by atoms with Gasteiger partial charge in [0.15, 0.2) is 11.5 Å². The predicted octanol–water partition coefficient (Wildman–Crippen LogP) is 3.23. The van der Waals surface area contributed by atoms with E-state index in [9.17, 15) is 0 Å². The minimum absolute atomic E-state index is 0.284. The summed E-state index contributed by atoms with van der Waals surface area (Å²) in [7, 11) is 0. The molecule has 0 unspecified atom stereocenters. The van der Waals surface area contributed by atoms with Gasteiger partial charge >= 0.3 is 0 Å². The van der Waals surface area contributed by atoms with Crippen LogP contribution in [0.25, 0.3) is 11.0 Å². The summed E-state index contributed by atoms with van der Waals surface area (Å²) in [5, 5.41) is 0. The van der Waals surface area contributed by atoms with E-state index in [1.807, 2.05) is 42.7 Å². The number of nitrogens with zero attached hydrogens (tertiary/aromatic N) is 2. The number of rotatable bonds is 5. The third-order valence-electron chi connectivity index (χ3n) is 3.68. The number of benzene rings is 2. The lowest BCUT2D eigenvalue weighted by Crippen LogP contribution is -2.03. The highest BCUT2D eigenvalue weighted by atomic mass is 16.7. The second kappa shape index (κ2) is 5.60. The zero-order chi connectivity index (χ0) is 14.8. The molecule has 0 saturated heterocycles. The van der Waals surface area contributed by atoms with Crippen LogP contribution >= 0.6 is 0 Å². The molecule has 0 amide bonds. The van der Waals surface area contributed by atoms with Crippen LogP contribution in [0.2, 0.25) is 0 Å². The Morgan fingerprint density at radius 3 is 3.00 bits per heavy atom. The van der Waals surface area contributed by atoms with Crippen LogP contribution in [0, 0.1) is 0 Å². The van der Waals surface area contributed by atoms with E-state index < -0.39 is 0 Å². The van der Waals surface area contributed by atoms with Crippen LogP contribution in [0.5, 0.6) is 17.2 Å². The molecule has 1 aromatic heterocycles. The highest BCUT2D eigenvalue weighted by Crippen LogP contribution is 2.35. The second-order valence-electron chi connectivity index (χ2n) is 5.14. The number of aromatic nitrogens is 2. The molecule has 1 aliphatic heterocycles. The molecule has 5 heteroatoms. The first-order valence-electron chi connectivity index (χ1n) is 7.32. The number of imidazole rings is 1. The third kappa shape index (κ3) is 2.45. The number of ether oxygens (including phenoxy) is 3. The fourth-order valence-corrected chi connectivity index (χ4v) is 2.58. The number of aryl methyl sites for hydroxylation is 1. The smallest absolute Gasteiger partial charge is 0.231 e. The van der Waals surface area contributed by atoms with E-state index in [0.29, 0.717) is 6.61 Å². The van der Waals surface area contributed by atoms with Crippen molar-refractivity contribution in [1.82, 2.24) is 9.55 Å². The zero-order valence-corrected chi connectivity index (χ0v) is 12.1. The molecule has 0 fully saturated rings. The Labute approximate surface area is 128 Å². The molecule has 2 heterocycles. The van der Waals surface area contributed by atoms with Crippen molar-refractivity contribution in [2.75, 3.05) is 13.4 Å². The molecule has 2 aromatic carbocycles. The minimum Gasteiger partial charge on any atom is -0.493 e. The summed E-state index contributed by atoms with van der Waals surface area (Å²) < 4.78 is 18.5. The molecule has 0 atom stereocenters. The number of para-hydroxylation sites is 2. The molecule has 0 bridgehead atoms. The lowest BCUT2D eigenvalue weighted by atomic mass is 10.3. The van der Waals surface area contributed by atoms with Crippen LogP contribution in [-0.4, -0.2) is 23.0 Å². The average Bonchev–Trinajstić information content (AvgIpc) is 3.18. The van der Waals surface area contributed by atoms with Gasteiger partial charge in [0, 0.05) is 12.6 Å². The first kappa shape index (κ1) is 13.0. The van der Waals surface area contributed by atoms with Crippen LogP contribution in [0.15, 0.2) is 48.8 Å². The molecule has 0 radical (unpaired) electrons. The molecule has 0 saturated carbocycles. The van der Waals surface area contributed by atoms with Crippen molar-refractivity contribution in [3.05, 3.63) is 48.8 Å². The van der Waals surface area contributed by atoms with Gasteiger partial charge in [-0.25, -0.2) is 4.98 Å². The maximum Gasteiger partial charge on any atom is 0.231 e. The van der Waals surface area contributed by atoms with Gasteiger partial charge in [0.25, 0.3) is 0 Å². The third-order valence-corrected chi connectivity index (χ3v) is 3.68. The Morgan fingerprint density at radius 2 is 2.00 bits per heavy atom. The molecule has 3 aromatic rings. The summed E-state index contributed by atoms with van der Waals surface area (Å²) >= 11 is 0. The monoisotopic (exact) mass is 296 g/mol. The summed E-state index contributed by atoms with van der Waals surface area (Å²) in [5.74, 6) is 2.33. The topological polar surface area (TPSA) is 45.5 Å². The molecular formula is C17H16N2O3. The van der Waals surface area contributed by atoms with Crippen LogP contribution < -0.4 is 14.2 Å². The summed E-state index contributed by atoms with van der Waals surface area (Å²) in [6.45, 7) is 1.81. The van der Waals surface area contributed by atoms with Crippen molar-refractivity contribution in [2.24, 2.45) is 0 Å². The molecule has 112 valence electrons. The van der Waals surface area contributed by atoms with Gasteiger partial charge in [-0.1, -0.05) is 12.1 Å². The maximum atomic E-state index is 5.77. The minimum atomic E-state index is 0.284. The Morgan fingerprint density at radius 1 is 1.09 bits per heavy atom. The quantitative estimate of drug-likeness (QED) is 0.678. The highest BCUT2D eigenvalue weighted by Gasteiger charge is 2.13. The normalized spacial score (nSPS) is 12.7. The molecule has 0 spiro atoms. The molecule has 1 aliphatic rings. The van der Waals surface area contributed by atoms with E-state index in [0.717, 1.165) is 41.2 Å². The van der Waals surface area contributed by atoms with Crippen LogP contribution in [0.3, 0.4) is 0 Å². The summed E-state index contributed by atoms with van der Waals surface area (Å²) in [6, 6.07) is 13.8. The van der Waals surface area contributed by atoms with Crippen LogP contribution in [0.1, 0.15) is 6.42 Å². The Hall–Kier alpha value is -2.69. The summed E-state index contributed by atoms with van der Waals surface area (Å²) in [5.41, 5.74) is 2.18. The SMILES string of the molecule is c1ccc2c(c1)ncn2CCCOc1ccc2c(c1)OCO2. The lowest BCUT2D eigenvalue weighted by molar-refractivity contribution is 0.173. The van der Waals surface area contributed by atoms with Gasteiger partial charge in [0.2, 0.25) is 6.79 Å². The van der Waals surface area contributed by atoms with E-state index in [4.69, 9.17) is 14.2 Å². The average molecular weight is 296 g/mol. The zero-order valence-electron chi connectivity index (χ0n) is 12.1. The van der Waals surface area contributed by atoms with Gasteiger partial charge in [-0.3, -0.25) is 0 Å². The maximum absolute atomic E-state index is 5.77.